The topological polar surface area (TPSA) is 17.1 Å². The van der Waals surface area contributed by atoms with Crippen LogP contribution in [0.25, 0.3) is 0 Å². The van der Waals surface area contributed by atoms with Gasteiger partial charge in [0.25, 0.3) is 0 Å². The van der Waals surface area contributed by atoms with E-state index in [1.54, 1.807) is 0 Å². The molecule has 0 aliphatic heterocycles. The fourth-order valence-electron chi connectivity index (χ4n) is 0. The van der Waals surface area contributed by atoms with Crippen LogP contribution in [0.2, 0.25) is 0 Å². The van der Waals surface area contributed by atoms with Crippen LogP contribution in [0.15, 0.2) is 0 Å². The SMILES string of the molecule is [O]=[W]=[C](Cl)Cl. The van der Waals surface area contributed by atoms with Crippen LogP contribution in [-0.2, 0) is 21.5 Å². The molecule has 0 N–H and O–H groups in total. The molecular weight excluding hydrogens is 283 g/mol. The number of hydrogen-bond donors (Lipinski definition) is 0. The average Bonchev–Trinajstić information content (AvgIpc) is 1.38. The van der Waals surface area contributed by atoms with Crippen molar-refractivity contribution >= 4 is 26.0 Å². The second-order valence-electron chi connectivity index (χ2n) is 0.309. The Labute approximate surface area is 47.6 Å². The van der Waals surface area contributed by atoms with Crippen LogP contribution in [0.5, 0.6) is 0 Å². The van der Waals surface area contributed by atoms with E-state index in [0.717, 1.165) is 0 Å². The summed E-state index contributed by atoms with van der Waals surface area (Å²) >= 11 is 8.17. The first-order chi connectivity index (χ1) is 2.27. The van der Waals surface area contributed by atoms with E-state index >= 15 is 0 Å². The summed E-state index contributed by atoms with van der Waals surface area (Å²) in [5, 5.41) is 0. The van der Waals surface area contributed by atoms with Gasteiger partial charge < -0.3 is 0 Å². The molecule has 0 aliphatic rings. The van der Waals surface area contributed by atoms with E-state index < -0.39 is 18.1 Å². The van der Waals surface area contributed by atoms with E-state index in [0.29, 0.717) is 0 Å². The number of rotatable bonds is 0. The Morgan fingerprint density at radius 1 is 1.60 bits per heavy atom. The Morgan fingerprint density at radius 2 is 1.80 bits per heavy atom. The Balaban J connectivity index is 3.60. The summed E-state index contributed by atoms with van der Waals surface area (Å²) in [4.78, 5) is 0. The zero-order valence-electron chi connectivity index (χ0n) is 2.07. The van der Waals surface area contributed by atoms with Crippen molar-refractivity contribution < 1.29 is 21.5 Å². The van der Waals surface area contributed by atoms with E-state index in [1.807, 2.05) is 0 Å². The van der Waals surface area contributed by atoms with Crippen molar-refractivity contribution in [2.75, 3.05) is 0 Å². The molecule has 0 spiro atoms. The van der Waals surface area contributed by atoms with Crippen molar-refractivity contribution in [3.8, 4) is 0 Å². The van der Waals surface area contributed by atoms with E-state index in [2.05, 4.69) is 0 Å². The second-order valence-corrected chi connectivity index (χ2v) is 5.11. The van der Waals surface area contributed by atoms with Gasteiger partial charge in [-0.25, -0.2) is 0 Å². The molecule has 0 saturated carbocycles. The van der Waals surface area contributed by atoms with Crippen molar-refractivity contribution in [2.24, 2.45) is 0 Å². The second kappa shape index (κ2) is 3.14. The van der Waals surface area contributed by atoms with Gasteiger partial charge in [-0.1, -0.05) is 0 Å². The fourth-order valence-corrected chi connectivity index (χ4v) is 0. The molecule has 0 fully saturated rings. The van der Waals surface area contributed by atoms with E-state index in [-0.39, 0.29) is 2.82 Å². The summed E-state index contributed by atoms with van der Waals surface area (Å²) in [6.07, 6.45) is 0. The molecule has 0 atom stereocenters. The van der Waals surface area contributed by atoms with Crippen LogP contribution in [0, 0.1) is 0 Å². The van der Waals surface area contributed by atoms with Gasteiger partial charge in [0.1, 0.15) is 0 Å². The quantitative estimate of drug-likeness (QED) is 0.647. The monoisotopic (exact) mass is 282 g/mol. The van der Waals surface area contributed by atoms with Crippen molar-refractivity contribution in [1.82, 2.24) is 0 Å². The zero-order valence-corrected chi connectivity index (χ0v) is 6.52. The first kappa shape index (κ1) is 5.94. The predicted octanol–water partition coefficient (Wildman–Crippen LogP) is 0.979. The zero-order chi connectivity index (χ0) is 4.28. The molecule has 0 rings (SSSR count). The van der Waals surface area contributed by atoms with Gasteiger partial charge in [-0.2, -0.15) is 0 Å². The first-order valence-corrected chi connectivity index (χ1v) is 4.17. The molecule has 0 aromatic carbocycles. The van der Waals surface area contributed by atoms with Gasteiger partial charge in [0, 0.05) is 0 Å². The van der Waals surface area contributed by atoms with Crippen molar-refractivity contribution in [3.63, 3.8) is 0 Å². The molecule has 0 unspecified atom stereocenters. The van der Waals surface area contributed by atoms with E-state index in [1.165, 1.54) is 0 Å². The minimum absolute atomic E-state index is 0.0602. The molecule has 30 valence electrons. The maximum absolute atomic E-state index is 9.50. The van der Waals surface area contributed by atoms with Gasteiger partial charge in [0.15, 0.2) is 0 Å². The summed E-state index contributed by atoms with van der Waals surface area (Å²) in [6.45, 7) is 0. The third-order valence-electron chi connectivity index (χ3n) is 0.0630. The van der Waals surface area contributed by atoms with Crippen LogP contribution >= 0.6 is 23.2 Å². The molecule has 0 bridgehead atoms. The molecule has 0 aromatic heterocycles. The van der Waals surface area contributed by atoms with Crippen LogP contribution in [0.3, 0.4) is 0 Å². The Hall–Kier alpha value is 0.938. The van der Waals surface area contributed by atoms with Gasteiger partial charge in [-0.3, -0.25) is 0 Å². The van der Waals surface area contributed by atoms with Gasteiger partial charge in [-0.15, -0.1) is 0 Å². The predicted molar refractivity (Wildman–Crippen MR) is 17.4 cm³/mol. The van der Waals surface area contributed by atoms with E-state index in [4.69, 9.17) is 23.2 Å². The molecule has 5 heavy (non-hydrogen) atoms. The molecule has 0 aromatic rings. The van der Waals surface area contributed by atoms with Crippen LogP contribution in [0.1, 0.15) is 0 Å². The molecule has 0 aliphatic carbocycles. The fraction of sp³-hybridized carbons (Fsp3) is 0. The summed E-state index contributed by atoms with van der Waals surface area (Å²) in [5.74, 6) is 0. The van der Waals surface area contributed by atoms with Crippen LogP contribution in [-0.4, -0.2) is 2.82 Å². The molecule has 0 radical (unpaired) electrons. The molecule has 0 saturated heterocycles. The molecule has 1 nitrogen and oxygen atoms in total. The third-order valence-corrected chi connectivity index (χ3v) is 1.55. The average molecular weight is 283 g/mol. The normalized spacial score (nSPS) is 6.80. The molecule has 0 heterocycles. The Kier molecular flexibility index (Phi) is 3.73. The minimum atomic E-state index is -1.65. The van der Waals surface area contributed by atoms with Crippen molar-refractivity contribution in [3.05, 3.63) is 0 Å². The Morgan fingerprint density at radius 3 is 1.80 bits per heavy atom. The van der Waals surface area contributed by atoms with Crippen molar-refractivity contribution in [1.29, 1.82) is 0 Å². The maximum atomic E-state index is 9.50. The van der Waals surface area contributed by atoms with Crippen molar-refractivity contribution in [2.45, 2.75) is 0 Å². The van der Waals surface area contributed by atoms with Gasteiger partial charge in [0.05, 0.1) is 0 Å². The van der Waals surface area contributed by atoms with Gasteiger partial charge >= 0.3 is 47.5 Å². The standard InChI is InChI=1S/CCl2.O.W/c2-1-3;;. The molecule has 0 amide bonds. The Bertz CT molecular complexity index is 69.7. The first-order valence-electron chi connectivity index (χ1n) is 0.749. The third kappa shape index (κ3) is 4.94. The van der Waals surface area contributed by atoms with E-state index in [9.17, 15) is 3.40 Å². The van der Waals surface area contributed by atoms with Crippen LogP contribution in [0.4, 0.5) is 0 Å². The van der Waals surface area contributed by atoms with Crippen LogP contribution < -0.4 is 0 Å². The summed E-state index contributed by atoms with van der Waals surface area (Å²) < 4.78 is 9.56. The summed E-state index contributed by atoms with van der Waals surface area (Å²) in [5.41, 5.74) is 0. The molecule has 4 heteroatoms. The summed E-state index contributed by atoms with van der Waals surface area (Å²) in [7, 11) is 0. The number of halogens is 2. The number of hydrogen-bond acceptors (Lipinski definition) is 1. The summed E-state index contributed by atoms with van der Waals surface area (Å²) in [6, 6.07) is 0. The van der Waals surface area contributed by atoms with Gasteiger partial charge in [0.2, 0.25) is 0 Å². The van der Waals surface area contributed by atoms with Gasteiger partial charge in [-0.05, 0) is 0 Å². The molecular formula is CCl2OW.